The van der Waals surface area contributed by atoms with Crippen LogP contribution in [0.1, 0.15) is 28.4 Å². The largest absolute Gasteiger partial charge is 0.453 e. The molecular weight excluding hydrogens is 378 g/mol. The van der Waals surface area contributed by atoms with Crippen LogP contribution in [-0.2, 0) is 9.53 Å². The van der Waals surface area contributed by atoms with E-state index in [4.69, 9.17) is 14.2 Å². The van der Waals surface area contributed by atoms with Gasteiger partial charge in [0.1, 0.15) is 11.5 Å². The molecule has 0 bridgehead atoms. The number of aryl methyl sites for hydroxylation is 3. The molecule has 0 aliphatic rings. The zero-order valence-corrected chi connectivity index (χ0v) is 18.0. The highest BCUT2D eigenvalue weighted by molar-refractivity contribution is 5.82. The summed E-state index contributed by atoms with van der Waals surface area (Å²) in [6.07, 6.45) is -0.778. The molecule has 5 nitrogen and oxygen atoms in total. The number of rotatable bonds is 7. The zero-order chi connectivity index (χ0) is 21.7. The first-order valence-corrected chi connectivity index (χ1v) is 9.80. The van der Waals surface area contributed by atoms with E-state index in [9.17, 15) is 4.79 Å². The van der Waals surface area contributed by atoms with Crippen molar-refractivity contribution >= 4 is 5.91 Å². The predicted octanol–water partition coefficient (Wildman–Crippen LogP) is 5.63. The van der Waals surface area contributed by atoms with Gasteiger partial charge in [-0.3, -0.25) is 4.79 Å². The second-order valence-corrected chi connectivity index (χ2v) is 7.14. The summed E-state index contributed by atoms with van der Waals surface area (Å²) in [7, 11) is 3.08. The number of likely N-dealkylation sites (N-methyl/N-ethyl adjacent to an activating group) is 1. The summed E-state index contributed by atoms with van der Waals surface area (Å²) in [5.74, 6) is 2.27. The highest BCUT2D eigenvalue weighted by Crippen LogP contribution is 2.40. The van der Waals surface area contributed by atoms with Crippen LogP contribution in [0.15, 0.2) is 60.7 Å². The topological polar surface area (TPSA) is 56.8 Å². The van der Waals surface area contributed by atoms with E-state index in [0.29, 0.717) is 22.8 Å². The van der Waals surface area contributed by atoms with Gasteiger partial charge in [-0.1, -0.05) is 42.5 Å². The molecule has 30 heavy (non-hydrogen) atoms. The summed E-state index contributed by atoms with van der Waals surface area (Å²) in [5, 5.41) is 2.63. The fourth-order valence-corrected chi connectivity index (χ4v) is 3.18. The molecule has 1 amide bonds. The van der Waals surface area contributed by atoms with Crippen LogP contribution in [0.25, 0.3) is 0 Å². The summed E-state index contributed by atoms with van der Waals surface area (Å²) in [6.45, 7) is 6.01. The number of para-hydroxylation sites is 2. The maximum absolute atomic E-state index is 12.3. The molecule has 156 valence electrons. The minimum absolute atomic E-state index is 0.246. The second kappa shape index (κ2) is 9.46. The smallest absolute Gasteiger partial charge is 0.253 e. The van der Waals surface area contributed by atoms with Gasteiger partial charge < -0.3 is 19.5 Å². The van der Waals surface area contributed by atoms with Crippen molar-refractivity contribution in [3.63, 3.8) is 0 Å². The van der Waals surface area contributed by atoms with Gasteiger partial charge in [-0.15, -0.1) is 0 Å². The molecule has 0 aliphatic heterocycles. The number of methoxy groups -OCH3 is 1. The quantitative estimate of drug-likeness (QED) is 0.553. The van der Waals surface area contributed by atoms with E-state index in [1.54, 1.807) is 7.05 Å². The molecule has 0 fully saturated rings. The van der Waals surface area contributed by atoms with Gasteiger partial charge in [0.15, 0.2) is 17.6 Å². The SMILES string of the molecule is CNC(=O)C(OC)c1ccccc1Oc1cccc(C)c1Oc1cc(C)ccc1C. The van der Waals surface area contributed by atoms with Gasteiger partial charge in [0, 0.05) is 19.7 Å². The first kappa shape index (κ1) is 21.4. The van der Waals surface area contributed by atoms with Crippen molar-refractivity contribution in [3.05, 3.63) is 82.9 Å². The van der Waals surface area contributed by atoms with Crippen molar-refractivity contribution in [1.82, 2.24) is 5.32 Å². The number of nitrogens with one attached hydrogen (secondary N) is 1. The van der Waals surface area contributed by atoms with E-state index in [2.05, 4.69) is 11.4 Å². The van der Waals surface area contributed by atoms with E-state index in [1.165, 1.54) is 7.11 Å². The van der Waals surface area contributed by atoms with Gasteiger partial charge >= 0.3 is 0 Å². The maximum atomic E-state index is 12.3. The van der Waals surface area contributed by atoms with E-state index < -0.39 is 6.10 Å². The molecular formula is C25H27NO4. The van der Waals surface area contributed by atoms with E-state index >= 15 is 0 Å². The van der Waals surface area contributed by atoms with Gasteiger partial charge in [-0.05, 0) is 55.7 Å². The van der Waals surface area contributed by atoms with Crippen LogP contribution in [0.4, 0.5) is 0 Å². The Morgan fingerprint density at radius 3 is 2.30 bits per heavy atom. The molecule has 3 aromatic carbocycles. The Kier molecular flexibility index (Phi) is 6.75. The molecule has 0 radical (unpaired) electrons. The summed E-state index contributed by atoms with van der Waals surface area (Å²) >= 11 is 0. The fourth-order valence-electron chi connectivity index (χ4n) is 3.18. The average molecular weight is 405 g/mol. The van der Waals surface area contributed by atoms with Crippen LogP contribution in [0.2, 0.25) is 0 Å². The lowest BCUT2D eigenvalue weighted by Gasteiger charge is -2.20. The molecule has 5 heteroatoms. The Morgan fingerprint density at radius 2 is 1.57 bits per heavy atom. The van der Waals surface area contributed by atoms with Gasteiger partial charge in [0.05, 0.1) is 0 Å². The summed E-state index contributed by atoms with van der Waals surface area (Å²) in [6, 6.07) is 19.2. The van der Waals surface area contributed by atoms with Crippen molar-refractivity contribution in [2.45, 2.75) is 26.9 Å². The van der Waals surface area contributed by atoms with Crippen molar-refractivity contribution in [2.24, 2.45) is 0 Å². The lowest BCUT2D eigenvalue weighted by Crippen LogP contribution is -2.27. The van der Waals surface area contributed by atoms with Crippen molar-refractivity contribution < 1.29 is 19.0 Å². The molecule has 0 saturated carbocycles. The number of amides is 1. The highest BCUT2D eigenvalue weighted by Gasteiger charge is 2.23. The summed E-state index contributed by atoms with van der Waals surface area (Å²) < 4.78 is 18.0. The minimum atomic E-state index is -0.778. The number of hydrogen-bond acceptors (Lipinski definition) is 4. The zero-order valence-electron chi connectivity index (χ0n) is 18.0. The van der Waals surface area contributed by atoms with Crippen molar-refractivity contribution in [2.75, 3.05) is 14.2 Å². The number of ether oxygens (including phenoxy) is 3. The Hall–Kier alpha value is -3.31. The lowest BCUT2D eigenvalue weighted by atomic mass is 10.1. The van der Waals surface area contributed by atoms with Crippen LogP contribution in [0.3, 0.4) is 0 Å². The Morgan fingerprint density at radius 1 is 0.833 bits per heavy atom. The third-order valence-corrected chi connectivity index (χ3v) is 4.87. The normalized spacial score (nSPS) is 11.6. The Balaban J connectivity index is 2.00. The number of hydrogen-bond donors (Lipinski definition) is 1. The third-order valence-electron chi connectivity index (χ3n) is 4.87. The third kappa shape index (κ3) is 4.63. The standard InChI is InChI=1S/C25H27NO4/c1-16-13-14-17(2)22(15-16)30-23-18(3)9-8-12-21(23)29-20-11-7-6-10-19(20)24(28-5)25(27)26-4/h6-15,24H,1-5H3,(H,26,27). The van der Waals surface area contributed by atoms with Crippen molar-refractivity contribution in [3.8, 4) is 23.0 Å². The maximum Gasteiger partial charge on any atom is 0.253 e. The Bertz CT molecular complexity index is 1050. The summed E-state index contributed by atoms with van der Waals surface area (Å²) in [4.78, 5) is 12.3. The van der Waals surface area contributed by atoms with Crippen LogP contribution in [-0.4, -0.2) is 20.1 Å². The first-order valence-electron chi connectivity index (χ1n) is 9.80. The second-order valence-electron chi connectivity index (χ2n) is 7.14. The van der Waals surface area contributed by atoms with E-state index in [-0.39, 0.29) is 5.91 Å². The molecule has 0 aromatic heterocycles. The molecule has 0 aliphatic carbocycles. The number of carbonyl (C=O) groups excluding carboxylic acids is 1. The van der Waals surface area contributed by atoms with E-state index in [1.807, 2.05) is 75.4 Å². The fraction of sp³-hybridized carbons (Fsp3) is 0.240. The molecule has 1 N–H and O–H groups in total. The van der Waals surface area contributed by atoms with Gasteiger partial charge in [-0.25, -0.2) is 0 Å². The number of benzene rings is 3. The van der Waals surface area contributed by atoms with Crippen LogP contribution >= 0.6 is 0 Å². The lowest BCUT2D eigenvalue weighted by molar-refractivity contribution is -0.130. The molecule has 1 atom stereocenters. The minimum Gasteiger partial charge on any atom is -0.453 e. The Labute approximate surface area is 177 Å². The highest BCUT2D eigenvalue weighted by atomic mass is 16.5. The molecule has 0 spiro atoms. The monoisotopic (exact) mass is 405 g/mol. The van der Waals surface area contributed by atoms with Gasteiger partial charge in [0.2, 0.25) is 0 Å². The molecule has 0 heterocycles. The van der Waals surface area contributed by atoms with Crippen LogP contribution < -0.4 is 14.8 Å². The van der Waals surface area contributed by atoms with Gasteiger partial charge in [-0.2, -0.15) is 0 Å². The summed E-state index contributed by atoms with van der Waals surface area (Å²) in [5.41, 5.74) is 3.74. The molecule has 0 saturated heterocycles. The molecule has 1 unspecified atom stereocenters. The first-order chi connectivity index (χ1) is 14.4. The van der Waals surface area contributed by atoms with Crippen molar-refractivity contribution in [1.29, 1.82) is 0 Å². The molecule has 3 rings (SSSR count). The van der Waals surface area contributed by atoms with Gasteiger partial charge in [0.25, 0.3) is 5.91 Å². The van der Waals surface area contributed by atoms with E-state index in [0.717, 1.165) is 22.4 Å². The van der Waals surface area contributed by atoms with Crippen LogP contribution in [0.5, 0.6) is 23.0 Å². The predicted molar refractivity (Wildman–Crippen MR) is 118 cm³/mol. The molecule has 3 aromatic rings. The van der Waals surface area contributed by atoms with Crippen LogP contribution in [0, 0.1) is 20.8 Å². The average Bonchev–Trinajstić information content (AvgIpc) is 2.74. The number of carbonyl (C=O) groups is 1.